The van der Waals surface area contributed by atoms with Crippen LogP contribution in [0.1, 0.15) is 32.3 Å². The van der Waals surface area contributed by atoms with Crippen LogP contribution in [0, 0.1) is 5.82 Å². The number of ketones is 1. The number of nitrogens with two attached hydrogens (primary N) is 1. The molecule has 0 fully saturated rings. The number of carbonyl (C=O) groups is 1. The molecule has 1 rings (SSSR count). The maximum Gasteiger partial charge on any atom is 0.138 e. The molecule has 0 saturated heterocycles. The molecular formula is C12H17ClFNO. The molecule has 2 N–H and O–H groups in total. The first-order valence-electron chi connectivity index (χ1n) is 5.21. The number of hydrogen-bond donors (Lipinski definition) is 1. The van der Waals surface area contributed by atoms with Gasteiger partial charge >= 0.3 is 0 Å². The molecular weight excluding hydrogens is 229 g/mol. The summed E-state index contributed by atoms with van der Waals surface area (Å²) in [5.41, 5.74) is 5.70. The highest BCUT2D eigenvalue weighted by molar-refractivity contribution is 6.30. The molecule has 1 aromatic carbocycles. The van der Waals surface area contributed by atoms with Crippen molar-refractivity contribution in [3.8, 4) is 0 Å². The lowest BCUT2D eigenvalue weighted by Crippen LogP contribution is -2.20. The van der Waals surface area contributed by atoms with Crippen molar-refractivity contribution >= 4 is 17.4 Å². The van der Waals surface area contributed by atoms with Gasteiger partial charge in [-0.2, -0.15) is 0 Å². The first kappa shape index (κ1) is 15.1. The van der Waals surface area contributed by atoms with E-state index in [2.05, 4.69) is 0 Å². The maximum absolute atomic E-state index is 13.4. The second-order valence-corrected chi connectivity index (χ2v) is 3.50. The summed E-state index contributed by atoms with van der Waals surface area (Å²) in [6, 6.07) is 4.23. The SMILES string of the molecule is CC.CC(=O)C(CN)c1ccc(Cl)cc1F. The average Bonchev–Trinajstić information content (AvgIpc) is 2.24. The topological polar surface area (TPSA) is 43.1 Å². The van der Waals surface area contributed by atoms with Crippen LogP contribution in [0.4, 0.5) is 4.39 Å². The zero-order valence-electron chi connectivity index (χ0n) is 9.76. The molecule has 0 aliphatic rings. The van der Waals surface area contributed by atoms with E-state index >= 15 is 0 Å². The number of hydrogen-bond acceptors (Lipinski definition) is 2. The monoisotopic (exact) mass is 245 g/mol. The van der Waals surface area contributed by atoms with Gasteiger partial charge in [0.1, 0.15) is 11.6 Å². The van der Waals surface area contributed by atoms with Crippen LogP contribution in [-0.4, -0.2) is 12.3 Å². The van der Waals surface area contributed by atoms with Crippen molar-refractivity contribution in [1.82, 2.24) is 0 Å². The van der Waals surface area contributed by atoms with Gasteiger partial charge < -0.3 is 5.73 Å². The van der Waals surface area contributed by atoms with Crippen LogP contribution >= 0.6 is 11.6 Å². The molecule has 4 heteroatoms. The van der Waals surface area contributed by atoms with E-state index in [1.165, 1.54) is 19.1 Å². The zero-order chi connectivity index (χ0) is 12.7. The Morgan fingerprint density at radius 3 is 2.44 bits per heavy atom. The van der Waals surface area contributed by atoms with E-state index in [1.54, 1.807) is 6.07 Å². The zero-order valence-corrected chi connectivity index (χ0v) is 10.5. The number of rotatable bonds is 3. The summed E-state index contributed by atoms with van der Waals surface area (Å²) in [6.45, 7) is 5.50. The standard InChI is InChI=1S/C10H11ClFNO.C2H6/c1-6(14)9(5-13)8-3-2-7(11)4-10(8)12;1-2/h2-4,9H,5,13H2,1H3;1-2H3. The molecule has 90 valence electrons. The van der Waals surface area contributed by atoms with Gasteiger partial charge in [-0.25, -0.2) is 4.39 Å². The Bertz CT molecular complexity index is 355. The molecule has 1 unspecified atom stereocenters. The summed E-state index contributed by atoms with van der Waals surface area (Å²) in [5, 5.41) is 0.311. The summed E-state index contributed by atoms with van der Waals surface area (Å²) in [4.78, 5) is 11.1. The molecule has 0 amide bonds. The lowest BCUT2D eigenvalue weighted by atomic mass is 9.95. The molecule has 0 bridgehead atoms. The molecule has 0 radical (unpaired) electrons. The Morgan fingerprint density at radius 1 is 1.50 bits per heavy atom. The van der Waals surface area contributed by atoms with Crippen LogP contribution in [0.3, 0.4) is 0 Å². The third-order valence-electron chi connectivity index (χ3n) is 2.06. The number of benzene rings is 1. The average molecular weight is 246 g/mol. The predicted octanol–water partition coefficient (Wildman–Crippen LogP) is 3.14. The first-order valence-corrected chi connectivity index (χ1v) is 5.59. The van der Waals surface area contributed by atoms with Crippen molar-refractivity contribution in [1.29, 1.82) is 0 Å². The van der Waals surface area contributed by atoms with Crippen molar-refractivity contribution in [2.45, 2.75) is 26.7 Å². The van der Waals surface area contributed by atoms with Gasteiger partial charge in [0, 0.05) is 11.6 Å². The molecule has 16 heavy (non-hydrogen) atoms. The van der Waals surface area contributed by atoms with E-state index in [4.69, 9.17) is 17.3 Å². The van der Waals surface area contributed by atoms with Gasteiger partial charge in [0.05, 0.1) is 5.92 Å². The Morgan fingerprint density at radius 2 is 2.06 bits per heavy atom. The minimum Gasteiger partial charge on any atom is -0.329 e. The molecule has 0 saturated carbocycles. The second-order valence-electron chi connectivity index (χ2n) is 3.06. The lowest BCUT2D eigenvalue weighted by Gasteiger charge is -2.12. The first-order chi connectivity index (χ1) is 7.56. The van der Waals surface area contributed by atoms with Crippen LogP contribution in [-0.2, 0) is 4.79 Å². The van der Waals surface area contributed by atoms with Crippen molar-refractivity contribution in [3.63, 3.8) is 0 Å². The molecule has 2 nitrogen and oxygen atoms in total. The normalized spacial score (nSPS) is 11.4. The van der Waals surface area contributed by atoms with E-state index < -0.39 is 11.7 Å². The van der Waals surface area contributed by atoms with Gasteiger partial charge in [0.15, 0.2) is 0 Å². The summed E-state index contributed by atoms with van der Waals surface area (Å²) < 4.78 is 13.4. The smallest absolute Gasteiger partial charge is 0.138 e. The summed E-state index contributed by atoms with van der Waals surface area (Å²) in [7, 11) is 0. The van der Waals surface area contributed by atoms with Gasteiger partial charge in [-0.15, -0.1) is 0 Å². The summed E-state index contributed by atoms with van der Waals surface area (Å²) in [6.07, 6.45) is 0. The van der Waals surface area contributed by atoms with Crippen LogP contribution in [0.2, 0.25) is 5.02 Å². The minimum absolute atomic E-state index is 0.105. The van der Waals surface area contributed by atoms with E-state index in [9.17, 15) is 9.18 Å². The highest BCUT2D eigenvalue weighted by Gasteiger charge is 2.18. The quantitative estimate of drug-likeness (QED) is 0.889. The molecule has 1 aromatic rings. The Hall–Kier alpha value is -0.930. The predicted molar refractivity (Wildman–Crippen MR) is 65.2 cm³/mol. The molecule has 0 spiro atoms. The second kappa shape index (κ2) is 7.36. The van der Waals surface area contributed by atoms with Crippen molar-refractivity contribution in [2.75, 3.05) is 6.54 Å². The molecule has 0 aromatic heterocycles. The van der Waals surface area contributed by atoms with Gasteiger partial charge in [-0.1, -0.05) is 31.5 Å². The molecule has 1 atom stereocenters. The fourth-order valence-electron chi connectivity index (χ4n) is 1.30. The number of halogens is 2. The van der Waals surface area contributed by atoms with Gasteiger partial charge in [0.2, 0.25) is 0 Å². The van der Waals surface area contributed by atoms with Crippen LogP contribution in [0.15, 0.2) is 18.2 Å². The van der Waals surface area contributed by atoms with E-state index in [0.717, 1.165) is 0 Å². The third-order valence-corrected chi connectivity index (χ3v) is 2.30. The Labute approximate surface area is 101 Å². The van der Waals surface area contributed by atoms with Gasteiger partial charge in [0.25, 0.3) is 0 Å². The molecule has 0 aliphatic heterocycles. The Kier molecular flexibility index (Phi) is 6.93. The fraction of sp³-hybridized carbons (Fsp3) is 0.417. The maximum atomic E-state index is 13.4. The van der Waals surface area contributed by atoms with Gasteiger partial charge in [-0.3, -0.25) is 4.79 Å². The number of Topliss-reactive ketones (excluding diaryl/α,β-unsaturated/α-hetero) is 1. The summed E-state index contributed by atoms with van der Waals surface area (Å²) in [5.74, 6) is -1.20. The van der Waals surface area contributed by atoms with E-state index in [0.29, 0.717) is 10.6 Å². The minimum atomic E-state index is -0.577. The molecule has 0 heterocycles. The largest absolute Gasteiger partial charge is 0.329 e. The molecule has 0 aliphatic carbocycles. The lowest BCUT2D eigenvalue weighted by molar-refractivity contribution is -0.118. The van der Waals surface area contributed by atoms with Crippen LogP contribution < -0.4 is 5.73 Å². The van der Waals surface area contributed by atoms with E-state index in [-0.39, 0.29) is 12.3 Å². The van der Waals surface area contributed by atoms with Crippen LogP contribution in [0.25, 0.3) is 0 Å². The summed E-state index contributed by atoms with van der Waals surface area (Å²) >= 11 is 5.59. The van der Waals surface area contributed by atoms with Crippen molar-refractivity contribution < 1.29 is 9.18 Å². The van der Waals surface area contributed by atoms with Crippen molar-refractivity contribution in [2.24, 2.45) is 5.73 Å². The highest BCUT2D eigenvalue weighted by atomic mass is 35.5. The Balaban J connectivity index is 0.00000106. The highest BCUT2D eigenvalue weighted by Crippen LogP contribution is 2.22. The third kappa shape index (κ3) is 3.91. The fourth-order valence-corrected chi connectivity index (χ4v) is 1.45. The number of carbonyl (C=O) groups excluding carboxylic acids is 1. The van der Waals surface area contributed by atoms with Crippen LogP contribution in [0.5, 0.6) is 0 Å². The van der Waals surface area contributed by atoms with Crippen molar-refractivity contribution in [3.05, 3.63) is 34.6 Å². The van der Waals surface area contributed by atoms with Gasteiger partial charge in [-0.05, 0) is 24.6 Å². The van der Waals surface area contributed by atoms with E-state index in [1.807, 2.05) is 13.8 Å².